The molecule has 0 fully saturated rings. The number of rotatable bonds is 5. The molecule has 1 aliphatic heterocycles. The third-order valence-corrected chi connectivity index (χ3v) is 3.66. The maximum Gasteiger partial charge on any atom is 0.407 e. The Kier molecular flexibility index (Phi) is 4.89. The normalized spacial score (nSPS) is 12.8. The zero-order valence-electron chi connectivity index (χ0n) is 13.3. The van der Waals surface area contributed by atoms with Crippen LogP contribution >= 0.6 is 0 Å². The predicted octanol–water partition coefficient (Wildman–Crippen LogP) is 2.76. The Morgan fingerprint density at radius 3 is 2.68 bits per heavy atom. The van der Waals surface area contributed by atoms with E-state index in [0.717, 1.165) is 5.56 Å². The van der Waals surface area contributed by atoms with Crippen molar-refractivity contribution < 1.29 is 19.1 Å². The number of carbonyl (C=O) groups is 3. The lowest BCUT2D eigenvalue weighted by Gasteiger charge is -2.05. The van der Waals surface area contributed by atoms with E-state index in [2.05, 4.69) is 10.6 Å². The Bertz CT molecular complexity index is 844. The number of carbonyl (C=O) groups excluding carboxylic acids is 3. The standard InChI is InChI=1S/C19H16N2O4/c22-17-15-10-4-8-14(16(15)21-18(17)23)9-5-11-20-19(24)25-12-13-6-2-1-3-7-13/h1-10H,11-12H2,(H,20,24)(H,21,22,23). The number of amides is 2. The second-order valence-corrected chi connectivity index (χ2v) is 5.40. The van der Waals surface area contributed by atoms with E-state index in [1.165, 1.54) is 0 Å². The van der Waals surface area contributed by atoms with Gasteiger partial charge >= 0.3 is 6.09 Å². The van der Waals surface area contributed by atoms with Gasteiger partial charge in [0.05, 0.1) is 11.3 Å². The number of alkyl carbamates (subject to hydrolysis) is 1. The number of benzene rings is 2. The van der Waals surface area contributed by atoms with Gasteiger partial charge in [0, 0.05) is 6.54 Å². The summed E-state index contributed by atoms with van der Waals surface area (Å²) >= 11 is 0. The average Bonchev–Trinajstić information content (AvgIpc) is 2.93. The lowest BCUT2D eigenvalue weighted by atomic mass is 10.1. The van der Waals surface area contributed by atoms with Crippen LogP contribution in [0, 0.1) is 0 Å². The van der Waals surface area contributed by atoms with Crippen molar-refractivity contribution in [3.05, 3.63) is 71.3 Å². The molecule has 25 heavy (non-hydrogen) atoms. The Morgan fingerprint density at radius 1 is 1.08 bits per heavy atom. The molecule has 0 bridgehead atoms. The van der Waals surface area contributed by atoms with Crippen molar-refractivity contribution in [2.24, 2.45) is 0 Å². The van der Waals surface area contributed by atoms with E-state index in [4.69, 9.17) is 4.74 Å². The molecule has 126 valence electrons. The van der Waals surface area contributed by atoms with E-state index in [1.807, 2.05) is 30.3 Å². The smallest absolute Gasteiger partial charge is 0.407 e. The quantitative estimate of drug-likeness (QED) is 0.822. The second kappa shape index (κ2) is 7.44. The van der Waals surface area contributed by atoms with Gasteiger partial charge in [0.1, 0.15) is 6.61 Å². The fourth-order valence-electron chi connectivity index (χ4n) is 2.43. The minimum Gasteiger partial charge on any atom is -0.445 e. The fourth-order valence-corrected chi connectivity index (χ4v) is 2.43. The lowest BCUT2D eigenvalue weighted by molar-refractivity contribution is -0.112. The second-order valence-electron chi connectivity index (χ2n) is 5.40. The van der Waals surface area contributed by atoms with Gasteiger partial charge in [-0.05, 0) is 17.2 Å². The molecular weight excluding hydrogens is 320 g/mol. The molecule has 0 unspecified atom stereocenters. The highest BCUT2D eigenvalue weighted by Gasteiger charge is 2.28. The molecule has 0 saturated carbocycles. The lowest BCUT2D eigenvalue weighted by Crippen LogP contribution is -2.24. The molecule has 0 spiro atoms. The van der Waals surface area contributed by atoms with Gasteiger partial charge in [0.15, 0.2) is 0 Å². The molecule has 2 amide bonds. The number of nitrogens with one attached hydrogen (secondary N) is 2. The van der Waals surface area contributed by atoms with E-state index < -0.39 is 17.8 Å². The van der Waals surface area contributed by atoms with Crippen LogP contribution in [0.5, 0.6) is 0 Å². The number of fused-ring (bicyclic) bond motifs is 1. The molecule has 2 aromatic carbocycles. The number of ketones is 1. The Labute approximate surface area is 144 Å². The van der Waals surface area contributed by atoms with Gasteiger partial charge < -0.3 is 15.4 Å². The van der Waals surface area contributed by atoms with Crippen molar-refractivity contribution in [2.45, 2.75) is 6.61 Å². The van der Waals surface area contributed by atoms with Crippen LogP contribution in [-0.4, -0.2) is 24.3 Å². The first-order valence-corrected chi connectivity index (χ1v) is 7.75. The minimum atomic E-state index is -0.626. The van der Waals surface area contributed by atoms with Crippen LogP contribution in [0.1, 0.15) is 21.5 Å². The fraction of sp³-hybridized carbons (Fsp3) is 0.105. The minimum absolute atomic E-state index is 0.205. The molecule has 0 aromatic heterocycles. The summed E-state index contributed by atoms with van der Waals surface area (Å²) in [6.07, 6.45) is 2.93. The van der Waals surface area contributed by atoms with Crippen molar-refractivity contribution in [3.63, 3.8) is 0 Å². The monoisotopic (exact) mass is 336 g/mol. The SMILES string of the molecule is O=C(NCC=Cc1cccc2c1NC(=O)C2=O)OCc1ccccc1. The Balaban J connectivity index is 1.50. The highest BCUT2D eigenvalue weighted by atomic mass is 16.5. The first-order valence-electron chi connectivity index (χ1n) is 7.75. The maximum absolute atomic E-state index is 11.6. The molecule has 0 aliphatic carbocycles. The number of para-hydroxylation sites is 1. The molecule has 1 aliphatic rings. The van der Waals surface area contributed by atoms with Crippen LogP contribution in [0.15, 0.2) is 54.6 Å². The molecule has 6 nitrogen and oxygen atoms in total. The first-order chi connectivity index (χ1) is 12.1. The molecular formula is C19H16N2O4. The predicted molar refractivity (Wildman–Crippen MR) is 93.1 cm³/mol. The van der Waals surface area contributed by atoms with Crippen molar-refractivity contribution in [1.82, 2.24) is 5.32 Å². The van der Waals surface area contributed by atoms with Crippen LogP contribution in [0.2, 0.25) is 0 Å². The molecule has 0 atom stereocenters. The van der Waals surface area contributed by atoms with Crippen LogP contribution < -0.4 is 10.6 Å². The van der Waals surface area contributed by atoms with Gasteiger partial charge in [-0.1, -0.05) is 54.6 Å². The van der Waals surface area contributed by atoms with Gasteiger partial charge in [0.2, 0.25) is 0 Å². The van der Waals surface area contributed by atoms with Crippen molar-refractivity contribution in [1.29, 1.82) is 0 Å². The summed E-state index contributed by atoms with van der Waals surface area (Å²) in [5.41, 5.74) is 2.48. The van der Waals surface area contributed by atoms with E-state index >= 15 is 0 Å². The number of hydrogen-bond acceptors (Lipinski definition) is 4. The first kappa shape index (κ1) is 16.4. The summed E-state index contributed by atoms with van der Waals surface area (Å²) < 4.78 is 5.10. The molecule has 2 aromatic rings. The average molecular weight is 336 g/mol. The number of Topliss-reactive ketones (excluding diaryl/α,β-unsaturated/α-hetero) is 1. The largest absolute Gasteiger partial charge is 0.445 e. The number of anilines is 1. The van der Waals surface area contributed by atoms with Gasteiger partial charge in [-0.25, -0.2) is 4.79 Å². The van der Waals surface area contributed by atoms with Gasteiger partial charge in [-0.3, -0.25) is 9.59 Å². The van der Waals surface area contributed by atoms with Crippen LogP contribution in [0.3, 0.4) is 0 Å². The van der Waals surface area contributed by atoms with E-state index in [1.54, 1.807) is 30.4 Å². The zero-order valence-corrected chi connectivity index (χ0v) is 13.3. The topological polar surface area (TPSA) is 84.5 Å². The summed E-state index contributed by atoms with van der Waals surface area (Å²) in [6, 6.07) is 14.5. The number of hydrogen-bond donors (Lipinski definition) is 2. The molecule has 3 rings (SSSR count). The summed E-state index contributed by atoms with van der Waals surface area (Å²) in [6.45, 7) is 0.468. The van der Waals surface area contributed by atoms with Crippen LogP contribution in [0.25, 0.3) is 6.08 Å². The summed E-state index contributed by atoms with van der Waals surface area (Å²) in [5, 5.41) is 5.16. The maximum atomic E-state index is 11.6. The highest BCUT2D eigenvalue weighted by Crippen LogP contribution is 2.27. The van der Waals surface area contributed by atoms with E-state index in [0.29, 0.717) is 16.8 Å². The van der Waals surface area contributed by atoms with Crippen LogP contribution in [-0.2, 0) is 16.1 Å². The van der Waals surface area contributed by atoms with Crippen molar-refractivity contribution in [3.8, 4) is 0 Å². The van der Waals surface area contributed by atoms with Gasteiger partial charge in [-0.2, -0.15) is 0 Å². The highest BCUT2D eigenvalue weighted by molar-refractivity contribution is 6.52. The van der Waals surface area contributed by atoms with Crippen molar-refractivity contribution in [2.75, 3.05) is 11.9 Å². The van der Waals surface area contributed by atoms with Gasteiger partial charge in [0.25, 0.3) is 11.7 Å². The molecule has 1 heterocycles. The van der Waals surface area contributed by atoms with Crippen molar-refractivity contribution >= 4 is 29.5 Å². The third-order valence-electron chi connectivity index (χ3n) is 3.66. The zero-order chi connectivity index (χ0) is 17.6. The van der Waals surface area contributed by atoms with Crippen LogP contribution in [0.4, 0.5) is 10.5 Å². The Hall–Kier alpha value is -3.41. The van der Waals surface area contributed by atoms with Gasteiger partial charge in [-0.15, -0.1) is 0 Å². The molecule has 6 heteroatoms. The molecule has 0 saturated heterocycles. The summed E-state index contributed by atoms with van der Waals surface area (Å²) in [4.78, 5) is 34.7. The Morgan fingerprint density at radius 2 is 1.88 bits per heavy atom. The molecule has 2 N–H and O–H groups in total. The number of ether oxygens (including phenoxy) is 1. The molecule has 0 radical (unpaired) electrons. The third kappa shape index (κ3) is 3.92. The van der Waals surface area contributed by atoms with E-state index in [9.17, 15) is 14.4 Å². The summed E-state index contributed by atoms with van der Waals surface area (Å²) in [5.74, 6) is -1.16. The summed E-state index contributed by atoms with van der Waals surface area (Å²) in [7, 11) is 0. The van der Waals surface area contributed by atoms with E-state index in [-0.39, 0.29) is 13.2 Å².